The molecule has 2 atom stereocenters. The number of ether oxygens (including phenoxy) is 2. The van der Waals surface area contributed by atoms with Gasteiger partial charge in [0.25, 0.3) is 0 Å². The van der Waals surface area contributed by atoms with Crippen LogP contribution in [0, 0.1) is 0 Å². The maximum absolute atomic E-state index is 11.6. The molecule has 4 N–H and O–H groups in total. The molecular formula is C16H31N3O3. The first kappa shape index (κ1) is 19.3. The van der Waals surface area contributed by atoms with E-state index < -0.39 is 0 Å². The molecule has 1 rings (SSSR count). The Hall–Kier alpha value is -0.790. The molecule has 0 radical (unpaired) electrons. The summed E-state index contributed by atoms with van der Waals surface area (Å²) in [6.07, 6.45) is 5.08. The smallest absolute Gasteiger partial charge is 0.155 e. The van der Waals surface area contributed by atoms with E-state index in [0.717, 1.165) is 25.0 Å². The summed E-state index contributed by atoms with van der Waals surface area (Å²) in [5, 5.41) is 0. The highest BCUT2D eigenvalue weighted by Crippen LogP contribution is 2.17. The van der Waals surface area contributed by atoms with Crippen LogP contribution in [0.3, 0.4) is 0 Å². The number of hydrogen-bond donors (Lipinski definition) is 2. The van der Waals surface area contributed by atoms with Gasteiger partial charge in [0.15, 0.2) is 5.78 Å². The summed E-state index contributed by atoms with van der Waals surface area (Å²) >= 11 is 0. The lowest BCUT2D eigenvalue weighted by atomic mass is 10.1. The summed E-state index contributed by atoms with van der Waals surface area (Å²) in [5.74, 6) is 0.133. The predicted molar refractivity (Wildman–Crippen MR) is 87.2 cm³/mol. The van der Waals surface area contributed by atoms with Gasteiger partial charge in [0.05, 0.1) is 26.7 Å². The minimum absolute atomic E-state index is 0.101. The summed E-state index contributed by atoms with van der Waals surface area (Å²) in [6.45, 7) is 6.81. The third-order valence-electron chi connectivity index (χ3n) is 3.73. The molecule has 6 nitrogen and oxygen atoms in total. The maximum atomic E-state index is 11.6. The van der Waals surface area contributed by atoms with Crippen molar-refractivity contribution in [1.29, 1.82) is 0 Å². The zero-order valence-electron chi connectivity index (χ0n) is 13.9. The summed E-state index contributed by atoms with van der Waals surface area (Å²) in [7, 11) is 0. The van der Waals surface area contributed by atoms with Crippen LogP contribution >= 0.6 is 0 Å². The van der Waals surface area contributed by atoms with Gasteiger partial charge in [-0.3, -0.25) is 9.69 Å². The Labute approximate surface area is 133 Å². The molecular weight excluding hydrogens is 282 g/mol. The average molecular weight is 313 g/mol. The fourth-order valence-corrected chi connectivity index (χ4v) is 2.58. The highest BCUT2D eigenvalue weighted by atomic mass is 16.5. The first-order chi connectivity index (χ1) is 10.5. The molecule has 0 spiro atoms. The lowest BCUT2D eigenvalue weighted by Crippen LogP contribution is -2.37. The van der Waals surface area contributed by atoms with E-state index in [2.05, 4.69) is 4.90 Å². The van der Waals surface area contributed by atoms with Crippen molar-refractivity contribution < 1.29 is 14.3 Å². The number of likely N-dealkylation sites (tertiary alicyclic amines) is 1. The summed E-state index contributed by atoms with van der Waals surface area (Å²) in [4.78, 5) is 13.8. The molecule has 1 aliphatic rings. The molecule has 1 fully saturated rings. The first-order valence-electron chi connectivity index (χ1n) is 8.05. The van der Waals surface area contributed by atoms with Crippen LogP contribution < -0.4 is 11.5 Å². The topological polar surface area (TPSA) is 90.8 Å². The molecule has 0 saturated carbocycles. The van der Waals surface area contributed by atoms with Crippen LogP contribution in [0.15, 0.2) is 11.6 Å². The zero-order chi connectivity index (χ0) is 16.4. The highest BCUT2D eigenvalue weighted by Gasteiger charge is 2.24. The summed E-state index contributed by atoms with van der Waals surface area (Å²) in [6, 6.07) is 0.287. The van der Waals surface area contributed by atoms with E-state index in [9.17, 15) is 4.79 Å². The van der Waals surface area contributed by atoms with Crippen molar-refractivity contribution in [2.75, 3.05) is 33.2 Å². The standard InChI is InChI=1S/C16H31N3O3/c1-13(2)8-16(20)6-5-14(18)9-22-12-19-7-3-4-15(19)10-21-11-17/h8,14-15H,3-7,9-12,17-18H2,1-2H3/t14-,15-/m0/s1. The van der Waals surface area contributed by atoms with Gasteiger partial charge >= 0.3 is 0 Å². The third-order valence-corrected chi connectivity index (χ3v) is 3.73. The second kappa shape index (κ2) is 10.9. The Kier molecular flexibility index (Phi) is 9.50. The summed E-state index contributed by atoms with van der Waals surface area (Å²) < 4.78 is 11.0. The second-order valence-electron chi connectivity index (χ2n) is 6.13. The Morgan fingerprint density at radius 1 is 1.41 bits per heavy atom. The molecule has 0 aromatic heterocycles. The fraction of sp³-hybridized carbons (Fsp3) is 0.812. The Bertz CT molecular complexity index is 357. The van der Waals surface area contributed by atoms with Crippen molar-refractivity contribution in [2.24, 2.45) is 11.5 Å². The minimum atomic E-state index is -0.101. The molecule has 128 valence electrons. The number of carbonyl (C=O) groups excluding carboxylic acids is 1. The van der Waals surface area contributed by atoms with Crippen LogP contribution in [0.5, 0.6) is 0 Å². The third kappa shape index (κ3) is 8.00. The van der Waals surface area contributed by atoms with Gasteiger partial charge < -0.3 is 20.9 Å². The number of ketones is 1. The van der Waals surface area contributed by atoms with Crippen LogP contribution in [-0.4, -0.2) is 56.0 Å². The van der Waals surface area contributed by atoms with E-state index in [1.54, 1.807) is 6.08 Å². The van der Waals surface area contributed by atoms with Crippen LogP contribution in [0.2, 0.25) is 0 Å². The van der Waals surface area contributed by atoms with Crippen molar-refractivity contribution in [2.45, 2.75) is 51.6 Å². The number of nitrogens with two attached hydrogens (primary N) is 2. The highest BCUT2D eigenvalue weighted by molar-refractivity contribution is 5.90. The van der Waals surface area contributed by atoms with Gasteiger partial charge in [0, 0.05) is 25.0 Å². The second-order valence-corrected chi connectivity index (χ2v) is 6.13. The van der Waals surface area contributed by atoms with E-state index in [-0.39, 0.29) is 18.6 Å². The van der Waals surface area contributed by atoms with E-state index in [0.29, 0.717) is 38.8 Å². The molecule has 0 aromatic rings. The monoisotopic (exact) mass is 313 g/mol. The number of hydrogen-bond acceptors (Lipinski definition) is 6. The summed E-state index contributed by atoms with van der Waals surface area (Å²) in [5.41, 5.74) is 12.4. The molecule has 1 aliphatic heterocycles. The van der Waals surface area contributed by atoms with Gasteiger partial charge in [-0.1, -0.05) is 5.57 Å². The quantitative estimate of drug-likeness (QED) is 0.437. The van der Waals surface area contributed by atoms with E-state index in [1.165, 1.54) is 0 Å². The molecule has 0 aromatic carbocycles. The SMILES string of the molecule is CC(C)=CC(=O)CC[C@H](N)COCN1CCC[C@H]1COCN. The maximum Gasteiger partial charge on any atom is 0.155 e. The number of carbonyl (C=O) groups is 1. The van der Waals surface area contributed by atoms with Crippen molar-refractivity contribution >= 4 is 5.78 Å². The van der Waals surface area contributed by atoms with Gasteiger partial charge in [-0.15, -0.1) is 0 Å². The van der Waals surface area contributed by atoms with Gasteiger partial charge in [-0.2, -0.15) is 0 Å². The Morgan fingerprint density at radius 3 is 2.86 bits per heavy atom. The van der Waals surface area contributed by atoms with Crippen molar-refractivity contribution in [3.8, 4) is 0 Å². The zero-order valence-corrected chi connectivity index (χ0v) is 13.9. The number of nitrogens with zero attached hydrogens (tertiary/aromatic N) is 1. The van der Waals surface area contributed by atoms with Crippen LogP contribution in [-0.2, 0) is 14.3 Å². The van der Waals surface area contributed by atoms with Crippen molar-refractivity contribution in [1.82, 2.24) is 4.90 Å². The number of rotatable bonds is 11. The van der Waals surface area contributed by atoms with Gasteiger partial charge in [0.1, 0.15) is 0 Å². The lowest BCUT2D eigenvalue weighted by molar-refractivity contribution is -0.114. The van der Waals surface area contributed by atoms with E-state index in [4.69, 9.17) is 20.9 Å². The largest absolute Gasteiger partial charge is 0.365 e. The molecule has 0 amide bonds. The molecule has 1 heterocycles. The van der Waals surface area contributed by atoms with Crippen LogP contribution in [0.25, 0.3) is 0 Å². The molecule has 0 aliphatic carbocycles. The van der Waals surface area contributed by atoms with Gasteiger partial charge in [-0.05, 0) is 39.2 Å². The van der Waals surface area contributed by atoms with Gasteiger partial charge in [-0.25, -0.2) is 0 Å². The van der Waals surface area contributed by atoms with Crippen LogP contribution in [0.1, 0.15) is 39.5 Å². The number of allylic oxidation sites excluding steroid dienone is 2. The molecule has 0 bridgehead atoms. The lowest BCUT2D eigenvalue weighted by Gasteiger charge is -2.24. The molecule has 22 heavy (non-hydrogen) atoms. The van der Waals surface area contributed by atoms with Crippen molar-refractivity contribution in [3.63, 3.8) is 0 Å². The first-order valence-corrected chi connectivity index (χ1v) is 8.05. The minimum Gasteiger partial charge on any atom is -0.365 e. The van der Waals surface area contributed by atoms with E-state index in [1.807, 2.05) is 13.8 Å². The Morgan fingerprint density at radius 2 is 2.18 bits per heavy atom. The Balaban J connectivity index is 2.15. The van der Waals surface area contributed by atoms with Crippen molar-refractivity contribution in [3.05, 3.63) is 11.6 Å². The predicted octanol–water partition coefficient (Wildman–Crippen LogP) is 1.00. The average Bonchev–Trinajstić information content (AvgIpc) is 2.89. The van der Waals surface area contributed by atoms with Crippen LogP contribution in [0.4, 0.5) is 0 Å². The fourth-order valence-electron chi connectivity index (χ4n) is 2.58. The van der Waals surface area contributed by atoms with Gasteiger partial charge in [0.2, 0.25) is 0 Å². The molecule has 1 saturated heterocycles. The molecule has 6 heteroatoms. The molecule has 0 unspecified atom stereocenters. The van der Waals surface area contributed by atoms with E-state index >= 15 is 0 Å². The normalized spacial score (nSPS) is 20.1.